The molecule has 2 aliphatic heterocycles. The minimum absolute atomic E-state index is 0.0464. The van der Waals surface area contributed by atoms with E-state index in [4.69, 9.17) is 18.9 Å². The van der Waals surface area contributed by atoms with Gasteiger partial charge in [0.15, 0.2) is 17.1 Å². The fourth-order valence-corrected chi connectivity index (χ4v) is 11.7. The fourth-order valence-electron chi connectivity index (χ4n) is 8.55. The highest BCUT2D eigenvalue weighted by molar-refractivity contribution is 8.76. The number of ether oxygens (including phenoxy) is 4. The van der Waals surface area contributed by atoms with Gasteiger partial charge in [0, 0.05) is 45.6 Å². The maximum absolute atomic E-state index is 12.7. The summed E-state index contributed by atoms with van der Waals surface area (Å²) in [5.74, 6) is 2.25. The average molecular weight is 697 g/mol. The first-order chi connectivity index (χ1) is 23.3. The molecule has 0 spiro atoms. The summed E-state index contributed by atoms with van der Waals surface area (Å²) in [7, 11) is 6.64. The number of hydrogen-bond acceptors (Lipinski definition) is 11. The number of hydrogen-bond donors (Lipinski definition) is 5. The van der Waals surface area contributed by atoms with Crippen molar-refractivity contribution < 1.29 is 44.5 Å². The van der Waals surface area contributed by atoms with Gasteiger partial charge in [-0.15, -0.1) is 0 Å². The summed E-state index contributed by atoms with van der Waals surface area (Å²) < 4.78 is 24.4. The Bertz CT molecular complexity index is 1660. The van der Waals surface area contributed by atoms with Crippen molar-refractivity contribution in [1.82, 2.24) is 0 Å². The Morgan fingerprint density at radius 2 is 1.71 bits per heavy atom. The van der Waals surface area contributed by atoms with Crippen molar-refractivity contribution in [2.75, 3.05) is 39.8 Å². The van der Waals surface area contributed by atoms with E-state index in [1.165, 1.54) is 14.2 Å². The molecule has 4 aliphatic rings. The minimum atomic E-state index is -1.19. The summed E-state index contributed by atoms with van der Waals surface area (Å²) >= 11 is 0. The van der Waals surface area contributed by atoms with Crippen LogP contribution in [0.4, 0.5) is 0 Å². The van der Waals surface area contributed by atoms with E-state index < -0.39 is 11.7 Å². The lowest BCUT2D eigenvalue weighted by atomic mass is 9.62. The molecule has 7 unspecified atom stereocenters. The standard InChI is InChI=1S/C37H44O9S2/c1-19-4-6-22-24-16-21(40)5-7-23(24)31-26(45-12-11-38)17-27-33(32(31)25(22)18-39)34-30(48-47-13-9-19)8-10-37(46-27,36(34)42)20-14-28(43-2)35(41)29(15-20)44-3/h5,7,14-17,19,22,25,30,34,36,38-42H,4,6,8-13,18H2,1-3H3. The smallest absolute Gasteiger partial charge is 0.200 e. The van der Waals surface area contributed by atoms with Crippen LogP contribution in [0.1, 0.15) is 79.0 Å². The second kappa shape index (κ2) is 13.4. The van der Waals surface area contributed by atoms with Gasteiger partial charge in [-0.3, -0.25) is 0 Å². The number of aliphatic hydroxyl groups excluding tert-OH is 3. The van der Waals surface area contributed by atoms with Crippen LogP contribution < -0.4 is 18.9 Å². The SMILES string of the molecule is COc1cc(C23CCC4SSCCC(C)CCC5c6cc(O)ccc6-c6c(OCCO)cc(c(c6C5CO)C4C2O)O3)cc(OC)c1O. The highest BCUT2D eigenvalue weighted by Crippen LogP contribution is 2.64. The molecule has 9 nitrogen and oxygen atoms in total. The van der Waals surface area contributed by atoms with E-state index in [0.29, 0.717) is 29.4 Å². The van der Waals surface area contributed by atoms with Crippen molar-refractivity contribution >= 4 is 21.6 Å². The Morgan fingerprint density at radius 1 is 0.938 bits per heavy atom. The third-order valence-corrected chi connectivity index (χ3v) is 13.9. The zero-order valence-corrected chi connectivity index (χ0v) is 29.1. The van der Waals surface area contributed by atoms with Gasteiger partial charge in [-0.2, -0.15) is 0 Å². The number of benzene rings is 3. The lowest BCUT2D eigenvalue weighted by molar-refractivity contribution is -0.111. The highest BCUT2D eigenvalue weighted by atomic mass is 33.1. The van der Waals surface area contributed by atoms with E-state index >= 15 is 0 Å². The Labute approximate surface area is 289 Å². The zero-order chi connectivity index (χ0) is 33.7. The number of fused-ring (bicyclic) bond motifs is 5. The molecule has 0 amide bonds. The summed E-state index contributed by atoms with van der Waals surface area (Å²) in [6, 6.07) is 10.7. The molecule has 2 aliphatic carbocycles. The van der Waals surface area contributed by atoms with Crippen molar-refractivity contribution in [2.24, 2.45) is 5.92 Å². The molecule has 258 valence electrons. The van der Waals surface area contributed by atoms with E-state index in [2.05, 4.69) is 6.92 Å². The molecule has 1 fully saturated rings. The number of aromatic hydroxyl groups is 2. The van der Waals surface area contributed by atoms with Crippen LogP contribution in [0.3, 0.4) is 0 Å². The monoisotopic (exact) mass is 696 g/mol. The third kappa shape index (κ3) is 5.37. The first-order valence-electron chi connectivity index (χ1n) is 16.8. The van der Waals surface area contributed by atoms with Gasteiger partial charge in [0.1, 0.15) is 30.0 Å². The Morgan fingerprint density at radius 3 is 2.42 bits per heavy atom. The molecular weight excluding hydrogens is 653 g/mol. The molecule has 3 aromatic rings. The molecule has 2 heterocycles. The molecule has 0 radical (unpaired) electrons. The minimum Gasteiger partial charge on any atom is -0.508 e. The van der Waals surface area contributed by atoms with Gasteiger partial charge in [-0.25, -0.2) is 0 Å². The van der Waals surface area contributed by atoms with Gasteiger partial charge in [0.25, 0.3) is 0 Å². The van der Waals surface area contributed by atoms with Gasteiger partial charge < -0.3 is 44.5 Å². The van der Waals surface area contributed by atoms with Crippen LogP contribution in [-0.4, -0.2) is 76.7 Å². The van der Waals surface area contributed by atoms with E-state index in [0.717, 1.165) is 59.3 Å². The molecule has 0 aromatic heterocycles. The van der Waals surface area contributed by atoms with Crippen molar-refractivity contribution in [1.29, 1.82) is 0 Å². The Hall–Kier alpha value is -2.96. The first kappa shape index (κ1) is 33.5. The fraction of sp³-hybridized carbons (Fsp3) is 0.514. The molecule has 4 bridgehead atoms. The lowest BCUT2D eigenvalue weighted by Gasteiger charge is -2.54. The molecule has 7 atom stereocenters. The van der Waals surface area contributed by atoms with Crippen LogP contribution >= 0.6 is 21.6 Å². The summed E-state index contributed by atoms with van der Waals surface area (Å²) in [6.07, 6.45) is 3.14. The molecule has 0 saturated heterocycles. The summed E-state index contributed by atoms with van der Waals surface area (Å²) in [5, 5.41) is 55.3. The lowest BCUT2D eigenvalue weighted by Crippen LogP contribution is -2.57. The van der Waals surface area contributed by atoms with Crippen LogP contribution in [-0.2, 0) is 5.60 Å². The molecule has 48 heavy (non-hydrogen) atoms. The van der Waals surface area contributed by atoms with E-state index in [9.17, 15) is 25.5 Å². The number of rotatable bonds is 7. The van der Waals surface area contributed by atoms with Crippen molar-refractivity contribution in [3.05, 3.63) is 58.7 Å². The second-order valence-corrected chi connectivity index (χ2v) is 16.2. The predicted molar refractivity (Wildman–Crippen MR) is 187 cm³/mol. The quantitative estimate of drug-likeness (QED) is 0.175. The molecule has 3 aromatic carbocycles. The second-order valence-electron chi connectivity index (χ2n) is 13.5. The number of methoxy groups -OCH3 is 2. The summed E-state index contributed by atoms with van der Waals surface area (Å²) in [6.45, 7) is 2.02. The average Bonchev–Trinajstić information content (AvgIpc) is 3.09. The van der Waals surface area contributed by atoms with Crippen LogP contribution in [0.2, 0.25) is 0 Å². The van der Waals surface area contributed by atoms with Gasteiger partial charge in [0.2, 0.25) is 5.75 Å². The Kier molecular flexibility index (Phi) is 9.36. The number of phenols is 2. The van der Waals surface area contributed by atoms with Gasteiger partial charge in [-0.05, 0) is 78.5 Å². The molecule has 5 N–H and O–H groups in total. The van der Waals surface area contributed by atoms with Crippen LogP contribution in [0.25, 0.3) is 11.1 Å². The highest BCUT2D eigenvalue weighted by Gasteiger charge is 2.58. The van der Waals surface area contributed by atoms with Gasteiger partial charge in [0.05, 0.1) is 27.4 Å². The van der Waals surface area contributed by atoms with Crippen molar-refractivity contribution in [3.8, 4) is 45.6 Å². The van der Waals surface area contributed by atoms with Gasteiger partial charge in [-0.1, -0.05) is 41.0 Å². The largest absolute Gasteiger partial charge is 0.508 e. The topological polar surface area (TPSA) is 138 Å². The zero-order valence-electron chi connectivity index (χ0n) is 27.5. The predicted octanol–water partition coefficient (Wildman–Crippen LogP) is 6.42. The van der Waals surface area contributed by atoms with E-state index in [-0.39, 0.29) is 65.8 Å². The maximum Gasteiger partial charge on any atom is 0.200 e. The number of phenolic OH excluding ortho intramolecular Hbond substituents is 2. The first-order valence-corrected chi connectivity index (χ1v) is 19.1. The van der Waals surface area contributed by atoms with Crippen LogP contribution in [0.5, 0.6) is 34.5 Å². The summed E-state index contributed by atoms with van der Waals surface area (Å²) in [5.41, 5.74) is 3.94. The van der Waals surface area contributed by atoms with Crippen molar-refractivity contribution in [3.63, 3.8) is 0 Å². The summed E-state index contributed by atoms with van der Waals surface area (Å²) in [4.78, 5) is 0. The van der Waals surface area contributed by atoms with Crippen LogP contribution in [0, 0.1) is 5.92 Å². The molecular formula is C37H44O9S2. The number of aliphatic hydroxyl groups is 3. The van der Waals surface area contributed by atoms with E-state index in [1.54, 1.807) is 18.2 Å². The normalized spacial score (nSPS) is 29.0. The van der Waals surface area contributed by atoms with Gasteiger partial charge >= 0.3 is 0 Å². The third-order valence-electron chi connectivity index (χ3n) is 10.9. The maximum atomic E-state index is 12.7. The molecule has 1 saturated carbocycles. The molecule has 7 rings (SSSR count). The van der Waals surface area contributed by atoms with Crippen molar-refractivity contribution in [2.45, 2.75) is 73.7 Å². The van der Waals surface area contributed by atoms with Crippen LogP contribution in [0.15, 0.2) is 36.4 Å². The molecule has 11 heteroatoms. The van der Waals surface area contributed by atoms with E-state index in [1.807, 2.05) is 39.8 Å². The Balaban J connectivity index is 1.52.